The summed E-state index contributed by atoms with van der Waals surface area (Å²) < 4.78 is 5.01. The van der Waals surface area contributed by atoms with Gasteiger partial charge in [0, 0.05) is 0 Å². The fraction of sp³-hybridized carbons (Fsp3) is 0.800. The minimum absolute atomic E-state index is 0.131. The van der Waals surface area contributed by atoms with Gasteiger partial charge < -0.3 is 0 Å². The van der Waals surface area contributed by atoms with E-state index in [1.54, 1.807) is 0 Å². The van der Waals surface area contributed by atoms with E-state index in [0.29, 0.717) is 0 Å². The van der Waals surface area contributed by atoms with Gasteiger partial charge in [-0.2, -0.15) is 0 Å². The Kier molecular flexibility index (Phi) is 2.80. The summed E-state index contributed by atoms with van der Waals surface area (Å²) in [6.07, 6.45) is 0. The van der Waals surface area contributed by atoms with Crippen LogP contribution in [0.5, 0.6) is 0 Å². The molecule has 48 valence electrons. The van der Waals surface area contributed by atoms with Gasteiger partial charge in [0.25, 0.3) is 0 Å². The maximum atomic E-state index is 10.3. The van der Waals surface area contributed by atoms with Crippen LogP contribution in [0.3, 0.4) is 0 Å². The summed E-state index contributed by atoms with van der Waals surface area (Å²) in [5.74, 6) is -0.131. The molecule has 0 saturated heterocycles. The zero-order chi connectivity index (χ0) is 6.78. The van der Waals surface area contributed by atoms with Crippen LogP contribution in [0, 0.1) is 0 Å². The second kappa shape index (κ2) is 2.71. The van der Waals surface area contributed by atoms with Crippen molar-refractivity contribution >= 4 is 24.8 Å². The summed E-state index contributed by atoms with van der Waals surface area (Å²) in [6.45, 7) is 1.46. The molecule has 0 N–H and O–H groups in total. The summed E-state index contributed by atoms with van der Waals surface area (Å²) in [6, 6.07) is 0. The quantitative estimate of drug-likeness (QED) is 0.627. The molecule has 0 fully saturated rings. The predicted octanol–water partition coefficient (Wildman–Crippen LogP) is 1.38. The molecular formula is C5H12O2Sn. The van der Waals surface area contributed by atoms with Gasteiger partial charge in [0.2, 0.25) is 0 Å². The number of rotatable bonds is 1. The fourth-order valence-electron chi connectivity index (χ4n) is 0.431. The Morgan fingerprint density at radius 3 is 1.75 bits per heavy atom. The van der Waals surface area contributed by atoms with Crippen molar-refractivity contribution in [3.8, 4) is 0 Å². The van der Waals surface area contributed by atoms with Gasteiger partial charge in [-0.05, 0) is 0 Å². The van der Waals surface area contributed by atoms with Crippen molar-refractivity contribution in [3.05, 3.63) is 0 Å². The summed E-state index contributed by atoms with van der Waals surface area (Å²) in [5, 5.41) is 0. The molecule has 0 rings (SSSR count). The van der Waals surface area contributed by atoms with Crippen LogP contribution in [0.2, 0.25) is 14.8 Å². The molecule has 0 unspecified atom stereocenters. The van der Waals surface area contributed by atoms with Crippen molar-refractivity contribution in [3.63, 3.8) is 0 Å². The van der Waals surface area contributed by atoms with Gasteiger partial charge in [-0.1, -0.05) is 0 Å². The van der Waals surface area contributed by atoms with E-state index < -0.39 is 18.8 Å². The molecular weight excluding hydrogens is 211 g/mol. The molecule has 0 aliphatic rings. The van der Waals surface area contributed by atoms with Gasteiger partial charge in [0.15, 0.2) is 0 Å². The van der Waals surface area contributed by atoms with Crippen molar-refractivity contribution < 1.29 is 7.87 Å². The molecule has 0 amide bonds. The first-order chi connectivity index (χ1) is 3.42. The zero-order valence-electron chi connectivity index (χ0n) is 5.82. The van der Waals surface area contributed by atoms with Crippen LogP contribution in [0.25, 0.3) is 0 Å². The molecule has 0 saturated carbocycles. The van der Waals surface area contributed by atoms with E-state index >= 15 is 0 Å². The molecule has 0 spiro atoms. The third kappa shape index (κ3) is 6.27. The zero-order valence-corrected chi connectivity index (χ0v) is 8.67. The normalized spacial score (nSPS) is 11.0. The van der Waals surface area contributed by atoms with Gasteiger partial charge in [-0.3, -0.25) is 0 Å². The van der Waals surface area contributed by atoms with E-state index in [2.05, 4.69) is 14.8 Å². The van der Waals surface area contributed by atoms with Crippen LogP contribution in [-0.2, 0) is 7.87 Å². The fourth-order valence-corrected chi connectivity index (χ4v) is 2.89. The summed E-state index contributed by atoms with van der Waals surface area (Å²) in [7, 11) is 0. The molecule has 0 aromatic carbocycles. The molecule has 3 heteroatoms. The van der Waals surface area contributed by atoms with Crippen molar-refractivity contribution in [1.29, 1.82) is 0 Å². The van der Waals surface area contributed by atoms with Gasteiger partial charge >= 0.3 is 54.4 Å². The molecule has 2 nitrogen and oxygen atoms in total. The Balaban J connectivity index is 3.55. The van der Waals surface area contributed by atoms with E-state index in [0.717, 1.165) is 0 Å². The van der Waals surface area contributed by atoms with Crippen LogP contribution in [0.4, 0.5) is 0 Å². The Labute approximate surface area is 54.6 Å². The standard InChI is InChI=1S/C2H4O2.3CH3.Sn/c1-2(3)4;;;;/h1H3,(H,3,4);3*1H3;/q;;;;+1/p-1. The van der Waals surface area contributed by atoms with Gasteiger partial charge in [-0.15, -0.1) is 0 Å². The number of carbonyl (C=O) groups excluding carboxylic acids is 1. The van der Waals surface area contributed by atoms with Crippen LogP contribution >= 0.6 is 0 Å². The molecule has 0 bridgehead atoms. The van der Waals surface area contributed by atoms with Crippen molar-refractivity contribution in [2.75, 3.05) is 0 Å². The van der Waals surface area contributed by atoms with E-state index in [1.807, 2.05) is 0 Å². The molecule has 0 radical (unpaired) electrons. The van der Waals surface area contributed by atoms with E-state index in [9.17, 15) is 4.79 Å². The summed E-state index contributed by atoms with van der Waals surface area (Å²) in [5.41, 5.74) is 0. The van der Waals surface area contributed by atoms with Crippen LogP contribution in [0.1, 0.15) is 6.92 Å². The van der Waals surface area contributed by atoms with Crippen LogP contribution in [-0.4, -0.2) is 24.8 Å². The first-order valence-corrected chi connectivity index (χ1v) is 12.3. The van der Waals surface area contributed by atoms with Gasteiger partial charge in [-0.25, -0.2) is 0 Å². The third-order valence-corrected chi connectivity index (χ3v) is 3.02. The van der Waals surface area contributed by atoms with Crippen molar-refractivity contribution in [2.24, 2.45) is 0 Å². The van der Waals surface area contributed by atoms with Crippen LogP contribution < -0.4 is 0 Å². The monoisotopic (exact) mass is 224 g/mol. The van der Waals surface area contributed by atoms with Gasteiger partial charge in [0.05, 0.1) is 0 Å². The van der Waals surface area contributed by atoms with E-state index in [4.69, 9.17) is 3.07 Å². The molecule has 0 heterocycles. The second-order valence-corrected chi connectivity index (χ2v) is 15.3. The summed E-state index contributed by atoms with van der Waals surface area (Å²) in [4.78, 5) is 16.4. The minimum atomic E-state index is -2.21. The second-order valence-electron chi connectivity index (χ2n) is 2.71. The first-order valence-electron chi connectivity index (χ1n) is 2.61. The average Bonchev–Trinajstić information content (AvgIpc) is 1.21. The van der Waals surface area contributed by atoms with Crippen molar-refractivity contribution in [1.82, 2.24) is 0 Å². The predicted molar refractivity (Wildman–Crippen MR) is 35.1 cm³/mol. The molecule has 8 heavy (non-hydrogen) atoms. The number of carbonyl (C=O) groups is 1. The van der Waals surface area contributed by atoms with Gasteiger partial charge in [0.1, 0.15) is 0 Å². The topological polar surface area (TPSA) is 26.3 Å². The van der Waals surface area contributed by atoms with E-state index in [1.165, 1.54) is 6.92 Å². The van der Waals surface area contributed by atoms with Crippen molar-refractivity contribution in [2.45, 2.75) is 21.7 Å². The number of hydrogen-bond acceptors (Lipinski definition) is 2. The average molecular weight is 223 g/mol. The third-order valence-electron chi connectivity index (χ3n) is 0.450. The Bertz CT molecular complexity index is 93.1. The maximum absolute atomic E-state index is 10.3. The summed E-state index contributed by atoms with van der Waals surface area (Å²) >= 11 is -2.21. The molecule has 0 aliphatic carbocycles. The molecule has 0 atom stereocenters. The molecule has 0 aromatic rings. The van der Waals surface area contributed by atoms with Crippen LogP contribution in [0.15, 0.2) is 0 Å². The Morgan fingerprint density at radius 1 is 1.38 bits per heavy atom. The number of hydrogen-bond donors (Lipinski definition) is 0. The SMILES string of the molecule is CC(=O)[O][Sn]([CH3])([CH3])[CH3]. The molecule has 0 aromatic heterocycles. The molecule has 0 aliphatic heterocycles. The van der Waals surface area contributed by atoms with E-state index in [-0.39, 0.29) is 5.97 Å². The Hall–Kier alpha value is 0.269. The first kappa shape index (κ1) is 8.27. The Morgan fingerprint density at radius 2 is 1.75 bits per heavy atom.